The minimum Gasteiger partial charge on any atom is -0.487 e. The molecule has 2 aromatic carbocycles. The number of benzene rings is 2. The van der Waals surface area contributed by atoms with Crippen LogP contribution in [0.4, 0.5) is 5.69 Å². The Morgan fingerprint density at radius 2 is 1.75 bits per heavy atom. The molecule has 2 fully saturated rings. The Morgan fingerprint density at radius 1 is 0.964 bits per heavy atom. The van der Waals surface area contributed by atoms with E-state index in [0.29, 0.717) is 41.8 Å². The van der Waals surface area contributed by atoms with Crippen LogP contribution in [-0.4, -0.2) is 92.4 Å². The van der Waals surface area contributed by atoms with Crippen molar-refractivity contribution in [2.24, 2.45) is 23.7 Å². The summed E-state index contributed by atoms with van der Waals surface area (Å²) in [5.74, 6) is 0.861. The number of aryl methyl sites for hydroxylation is 1. The minimum atomic E-state index is -3.96. The molecule has 1 N–H and O–H groups in total. The molecular weight excluding hydrogens is 732 g/mol. The van der Waals surface area contributed by atoms with Crippen LogP contribution in [0.2, 0.25) is 5.02 Å². The molecule has 0 aromatic heterocycles. The summed E-state index contributed by atoms with van der Waals surface area (Å²) < 4.78 is 44.0. The topological polar surface area (TPSA) is 91.4 Å². The molecule has 1 unspecified atom stereocenters. The Hall–Kier alpha value is -2.37. The number of hydrogen-bond acceptors (Lipinski definition) is 8. The number of carbonyl (C=O) groups excluding carboxylic acids is 1. The molecule has 9 nitrogen and oxygen atoms in total. The number of halogens is 1. The molecular formula is C44H67ClN4O5S. The lowest BCUT2D eigenvalue weighted by Gasteiger charge is -2.55. The third-order valence-electron chi connectivity index (χ3n) is 13.2. The lowest BCUT2D eigenvalue weighted by Crippen LogP contribution is -2.62. The van der Waals surface area contributed by atoms with Crippen LogP contribution in [0, 0.1) is 23.7 Å². The van der Waals surface area contributed by atoms with Gasteiger partial charge in [-0.05, 0) is 152 Å². The number of hydrogen-bond donors (Lipinski definition) is 1. The molecule has 4 aliphatic rings. The van der Waals surface area contributed by atoms with Crippen molar-refractivity contribution in [2.75, 3.05) is 44.2 Å². The molecule has 3 aliphatic heterocycles. The van der Waals surface area contributed by atoms with Gasteiger partial charge in [0.2, 0.25) is 10.0 Å². The zero-order valence-corrected chi connectivity index (χ0v) is 36.2. The summed E-state index contributed by atoms with van der Waals surface area (Å²) in [7, 11) is -3.96. The maximum absolute atomic E-state index is 13.8. The number of sulfonamides is 1. The number of ether oxygens (including phenoxy) is 2. The van der Waals surface area contributed by atoms with Gasteiger partial charge in [0.1, 0.15) is 12.4 Å². The second-order valence-corrected chi connectivity index (χ2v) is 20.6. The molecule has 2 aromatic rings. The van der Waals surface area contributed by atoms with Crippen molar-refractivity contribution in [2.45, 2.75) is 136 Å². The van der Waals surface area contributed by atoms with Gasteiger partial charge in [0.25, 0.3) is 5.91 Å². The number of carbonyl (C=O) groups is 1. The number of nitrogens with one attached hydrogen (secondary N) is 1. The fourth-order valence-corrected chi connectivity index (χ4v) is 11.7. The van der Waals surface area contributed by atoms with Crippen molar-refractivity contribution >= 4 is 33.2 Å². The predicted octanol–water partition coefficient (Wildman–Crippen LogP) is 8.18. The smallest absolute Gasteiger partial charge is 0.264 e. The number of amides is 1. The predicted molar refractivity (Wildman–Crippen MR) is 224 cm³/mol. The second kappa shape index (κ2) is 17.6. The number of rotatable bonds is 5. The van der Waals surface area contributed by atoms with Crippen LogP contribution in [0.25, 0.3) is 0 Å². The Balaban J connectivity index is 1.41. The molecule has 1 saturated heterocycles. The van der Waals surface area contributed by atoms with Crippen LogP contribution in [0.1, 0.15) is 115 Å². The van der Waals surface area contributed by atoms with Crippen LogP contribution in [0.3, 0.4) is 0 Å². The molecule has 1 amide bonds. The average Bonchev–Trinajstić information content (AvgIpc) is 3.11. The van der Waals surface area contributed by atoms with E-state index >= 15 is 0 Å². The Bertz CT molecular complexity index is 1760. The molecule has 0 radical (unpaired) electrons. The van der Waals surface area contributed by atoms with E-state index in [1.54, 1.807) is 13.0 Å². The highest BCUT2D eigenvalue weighted by atomic mass is 35.5. The molecule has 306 valence electrons. The van der Waals surface area contributed by atoms with E-state index < -0.39 is 21.2 Å². The number of nitrogens with zero attached hydrogens (tertiary/aromatic N) is 3. The van der Waals surface area contributed by atoms with Crippen LogP contribution < -0.4 is 14.4 Å². The van der Waals surface area contributed by atoms with E-state index in [4.69, 9.17) is 21.1 Å². The van der Waals surface area contributed by atoms with Crippen LogP contribution >= 0.6 is 11.6 Å². The van der Waals surface area contributed by atoms with Crippen molar-refractivity contribution in [1.29, 1.82) is 0 Å². The van der Waals surface area contributed by atoms with Crippen LogP contribution in [0.15, 0.2) is 36.4 Å². The first-order chi connectivity index (χ1) is 26.0. The highest BCUT2D eigenvalue weighted by Crippen LogP contribution is 2.49. The standard InChI is InChI=1S/C44H67ClN4O5S/c1-29(2)49-20-19-47(25-33(49)7)28-44(54-30(3)4)24-31(5)21-32(6)34(8)55(51,52)46-43(50)36-14-17-42-41(23-36)48(26-37-13-16-40(37)44)18-10-9-11-35-22-39(45)15-12-38(35)27-53-42/h12,14-15,17,22-23,29-34,37,40H,9-11,13,16,18-21,24-28H2,1-8H3,(H,46,50)/t31?,32-,33+,34+,37-,40+,44-/m0/s1. The molecule has 1 aliphatic carbocycles. The molecule has 55 heavy (non-hydrogen) atoms. The van der Waals surface area contributed by atoms with Gasteiger partial charge in [-0.25, -0.2) is 13.1 Å². The summed E-state index contributed by atoms with van der Waals surface area (Å²) in [6.07, 6.45) is 6.69. The zero-order valence-electron chi connectivity index (χ0n) is 34.7. The van der Waals surface area contributed by atoms with Gasteiger partial charge < -0.3 is 14.4 Å². The Labute approximate surface area is 336 Å². The van der Waals surface area contributed by atoms with Crippen molar-refractivity contribution in [3.05, 3.63) is 58.1 Å². The fraction of sp³-hybridized carbons (Fsp3) is 0.705. The van der Waals surface area contributed by atoms with Crippen molar-refractivity contribution in [3.63, 3.8) is 0 Å². The molecule has 2 bridgehead atoms. The maximum Gasteiger partial charge on any atom is 0.264 e. The summed E-state index contributed by atoms with van der Waals surface area (Å²) in [6.45, 7) is 23.2. The summed E-state index contributed by atoms with van der Waals surface area (Å²) in [4.78, 5) is 21.4. The molecule has 11 heteroatoms. The van der Waals surface area contributed by atoms with Gasteiger partial charge in [-0.1, -0.05) is 31.5 Å². The van der Waals surface area contributed by atoms with Crippen molar-refractivity contribution in [1.82, 2.24) is 14.5 Å². The normalized spacial score (nSPS) is 31.4. The molecule has 7 atom stereocenters. The first-order valence-corrected chi connectivity index (χ1v) is 23.0. The van der Waals surface area contributed by atoms with Gasteiger partial charge in [-0.3, -0.25) is 14.6 Å². The lowest BCUT2D eigenvalue weighted by molar-refractivity contribution is -0.178. The first-order valence-electron chi connectivity index (χ1n) is 21.1. The fourth-order valence-electron chi connectivity index (χ4n) is 10.2. The molecule has 0 spiro atoms. The van der Waals surface area contributed by atoms with E-state index in [0.717, 1.165) is 100 Å². The quantitative estimate of drug-likeness (QED) is 0.324. The maximum atomic E-state index is 13.8. The third-order valence-corrected chi connectivity index (χ3v) is 15.3. The summed E-state index contributed by atoms with van der Waals surface area (Å²) in [5, 5.41) is -0.0231. The first kappa shape index (κ1) is 42.2. The molecule has 6 rings (SSSR count). The van der Waals surface area contributed by atoms with E-state index in [1.165, 1.54) is 5.56 Å². The Kier molecular flexibility index (Phi) is 13.5. The van der Waals surface area contributed by atoms with Gasteiger partial charge in [0.15, 0.2) is 0 Å². The summed E-state index contributed by atoms with van der Waals surface area (Å²) in [5.41, 5.74) is 3.06. The van der Waals surface area contributed by atoms with Gasteiger partial charge >= 0.3 is 0 Å². The summed E-state index contributed by atoms with van der Waals surface area (Å²) >= 11 is 6.44. The number of fused-ring (bicyclic) bond motifs is 3. The SMILES string of the molecule is CC1C[C@H](C)[C@@H](C)S(=O)(=O)NC(=O)c2ccc3c(c2)N(CCCCc2cc(Cl)ccc2CO3)C[C@@H]2CC[C@H]2[C@](CN2CCN(C(C)C)[C@H](C)C2)(OC(C)C)C1. The summed E-state index contributed by atoms with van der Waals surface area (Å²) in [6, 6.07) is 12.4. The van der Waals surface area contributed by atoms with Crippen molar-refractivity contribution < 1.29 is 22.7 Å². The largest absolute Gasteiger partial charge is 0.487 e. The van der Waals surface area contributed by atoms with Gasteiger partial charge in [0, 0.05) is 61.9 Å². The van der Waals surface area contributed by atoms with E-state index in [-0.39, 0.29) is 23.5 Å². The van der Waals surface area contributed by atoms with Gasteiger partial charge in [-0.15, -0.1) is 0 Å². The van der Waals surface area contributed by atoms with Crippen LogP contribution in [0.5, 0.6) is 5.75 Å². The Morgan fingerprint density at radius 3 is 2.44 bits per heavy atom. The van der Waals surface area contributed by atoms with Crippen LogP contribution in [-0.2, 0) is 27.8 Å². The molecule has 1 saturated carbocycles. The zero-order chi connectivity index (χ0) is 39.7. The number of piperazine rings is 1. The monoisotopic (exact) mass is 798 g/mol. The second-order valence-electron chi connectivity index (χ2n) is 18.1. The van der Waals surface area contributed by atoms with Crippen molar-refractivity contribution in [3.8, 4) is 5.75 Å². The van der Waals surface area contributed by atoms with E-state index in [9.17, 15) is 13.2 Å². The van der Waals surface area contributed by atoms with E-state index in [1.807, 2.05) is 31.2 Å². The lowest BCUT2D eigenvalue weighted by atomic mass is 9.61. The molecule has 3 heterocycles. The number of anilines is 1. The van der Waals surface area contributed by atoms with Gasteiger partial charge in [0.05, 0.1) is 22.6 Å². The average molecular weight is 800 g/mol. The minimum absolute atomic E-state index is 0.0462. The third kappa shape index (κ3) is 9.85. The van der Waals surface area contributed by atoms with E-state index in [2.05, 4.69) is 67.0 Å². The van der Waals surface area contributed by atoms with Gasteiger partial charge in [-0.2, -0.15) is 0 Å². The highest BCUT2D eigenvalue weighted by molar-refractivity contribution is 7.90. The highest BCUT2D eigenvalue weighted by Gasteiger charge is 2.51.